The molecule has 1 aliphatic heterocycles. The minimum Gasteiger partial charge on any atom is -0.440 e. The number of aryl methyl sites for hydroxylation is 1. The van der Waals surface area contributed by atoms with Crippen LogP contribution >= 0.6 is 11.6 Å². The third-order valence-electron chi connectivity index (χ3n) is 4.43. The van der Waals surface area contributed by atoms with Crippen LogP contribution in [0, 0.1) is 18.3 Å². The zero-order chi connectivity index (χ0) is 18.8. The Morgan fingerprint density at radius 2 is 2.15 bits per heavy atom. The number of benzene rings is 1. The molecule has 1 unspecified atom stereocenters. The van der Waals surface area contributed by atoms with Gasteiger partial charge in [0.1, 0.15) is 17.4 Å². The summed E-state index contributed by atoms with van der Waals surface area (Å²) in [5, 5.41) is 10.1. The van der Waals surface area contributed by atoms with Gasteiger partial charge in [0.15, 0.2) is 0 Å². The van der Waals surface area contributed by atoms with Gasteiger partial charge in [-0.05, 0) is 18.6 Å². The Balaban J connectivity index is 2.30. The lowest BCUT2D eigenvalue weighted by atomic mass is 9.84. The smallest absolute Gasteiger partial charge is 0.258 e. The Kier molecular flexibility index (Phi) is 5.03. The third-order valence-corrected chi connectivity index (χ3v) is 4.77. The van der Waals surface area contributed by atoms with E-state index in [0.717, 1.165) is 5.69 Å². The molecule has 2 N–H and O–H groups in total. The molecule has 2 aromatic rings. The molecule has 0 aliphatic carbocycles. The molecule has 1 aliphatic rings. The van der Waals surface area contributed by atoms with Crippen LogP contribution in [0.25, 0.3) is 0 Å². The van der Waals surface area contributed by atoms with E-state index in [1.807, 2.05) is 6.92 Å². The number of nitriles is 1. The van der Waals surface area contributed by atoms with Gasteiger partial charge in [-0.2, -0.15) is 5.26 Å². The summed E-state index contributed by atoms with van der Waals surface area (Å²) in [5.41, 5.74) is 7.60. The van der Waals surface area contributed by atoms with Gasteiger partial charge in [-0.15, -0.1) is 0 Å². The Bertz CT molecular complexity index is 988. The number of ether oxygens (including phenoxy) is 2. The second-order valence-corrected chi connectivity index (χ2v) is 6.37. The van der Waals surface area contributed by atoms with E-state index in [9.17, 15) is 10.1 Å². The maximum Gasteiger partial charge on any atom is 0.258 e. The number of pyridine rings is 1. The number of hydrogen-bond donors (Lipinski definition) is 1. The van der Waals surface area contributed by atoms with Crippen molar-refractivity contribution in [2.75, 3.05) is 13.7 Å². The summed E-state index contributed by atoms with van der Waals surface area (Å²) in [7, 11) is 1.58. The fourth-order valence-corrected chi connectivity index (χ4v) is 3.41. The molecule has 0 radical (unpaired) electrons. The van der Waals surface area contributed by atoms with Crippen LogP contribution in [0.3, 0.4) is 0 Å². The second-order valence-electron chi connectivity index (χ2n) is 5.96. The average molecular weight is 372 g/mol. The number of nitrogens with two attached hydrogens (primary N) is 1. The summed E-state index contributed by atoms with van der Waals surface area (Å²) in [5.74, 6) is -0.347. The van der Waals surface area contributed by atoms with E-state index < -0.39 is 5.92 Å². The normalized spacial score (nSPS) is 16.0. The van der Waals surface area contributed by atoms with Gasteiger partial charge in [-0.1, -0.05) is 29.8 Å². The van der Waals surface area contributed by atoms with Gasteiger partial charge in [0, 0.05) is 30.4 Å². The average Bonchev–Trinajstić information content (AvgIpc) is 2.61. The van der Waals surface area contributed by atoms with Gasteiger partial charge in [-0.3, -0.25) is 4.79 Å². The molecule has 0 saturated heterocycles. The van der Waals surface area contributed by atoms with E-state index >= 15 is 0 Å². The van der Waals surface area contributed by atoms with E-state index in [1.54, 1.807) is 42.0 Å². The fourth-order valence-electron chi connectivity index (χ4n) is 3.17. The molecular formula is C19H18ClN3O3. The Morgan fingerprint density at radius 1 is 1.42 bits per heavy atom. The zero-order valence-corrected chi connectivity index (χ0v) is 15.2. The van der Waals surface area contributed by atoms with Gasteiger partial charge in [0.2, 0.25) is 5.88 Å². The molecule has 1 atom stereocenters. The number of fused-ring (bicyclic) bond motifs is 1. The summed E-state index contributed by atoms with van der Waals surface area (Å²) < 4.78 is 12.3. The van der Waals surface area contributed by atoms with E-state index in [2.05, 4.69) is 6.07 Å². The Morgan fingerprint density at radius 3 is 2.81 bits per heavy atom. The largest absolute Gasteiger partial charge is 0.440 e. The van der Waals surface area contributed by atoms with Gasteiger partial charge in [-0.25, -0.2) is 0 Å². The molecule has 1 aromatic carbocycles. The van der Waals surface area contributed by atoms with Crippen molar-refractivity contribution in [1.29, 1.82) is 5.26 Å². The van der Waals surface area contributed by atoms with Crippen molar-refractivity contribution in [3.8, 4) is 11.8 Å². The fraction of sp³-hybridized carbons (Fsp3) is 0.263. The van der Waals surface area contributed by atoms with Crippen molar-refractivity contribution in [2.45, 2.75) is 19.4 Å². The second kappa shape index (κ2) is 7.24. The molecule has 7 heteroatoms. The van der Waals surface area contributed by atoms with Crippen molar-refractivity contribution in [1.82, 2.24) is 4.57 Å². The van der Waals surface area contributed by atoms with Crippen LogP contribution in [0.1, 0.15) is 22.7 Å². The van der Waals surface area contributed by atoms with Crippen molar-refractivity contribution < 1.29 is 9.47 Å². The molecule has 0 saturated carbocycles. The Labute approximate surface area is 156 Å². The number of halogens is 1. The summed E-state index contributed by atoms with van der Waals surface area (Å²) in [6.07, 6.45) is 0. The molecule has 1 aromatic heterocycles. The summed E-state index contributed by atoms with van der Waals surface area (Å²) in [6.45, 7) is 2.59. The number of aromatic nitrogens is 1. The highest BCUT2D eigenvalue weighted by atomic mass is 35.5. The van der Waals surface area contributed by atoms with E-state index in [0.29, 0.717) is 35.1 Å². The zero-order valence-electron chi connectivity index (χ0n) is 14.5. The first-order valence-corrected chi connectivity index (χ1v) is 8.42. The topological polar surface area (TPSA) is 90.3 Å². The first-order chi connectivity index (χ1) is 12.5. The molecule has 3 rings (SSSR count). The predicted octanol–water partition coefficient (Wildman–Crippen LogP) is 2.67. The maximum atomic E-state index is 13.2. The van der Waals surface area contributed by atoms with Crippen molar-refractivity contribution in [3.63, 3.8) is 0 Å². The standard InChI is InChI=1S/C19H18ClN3O3/c1-11-9-15-17(19(24)23(11)7-8-25-2)16(13(10-21)18(22)26-15)12-5-3-4-6-14(12)20/h3-6,9,16H,7-8,22H2,1-2H3. The Hall–Kier alpha value is -2.75. The summed E-state index contributed by atoms with van der Waals surface area (Å²) in [4.78, 5) is 13.2. The van der Waals surface area contributed by atoms with Crippen molar-refractivity contribution >= 4 is 11.6 Å². The highest BCUT2D eigenvalue weighted by Crippen LogP contribution is 2.42. The SMILES string of the molecule is COCCn1c(C)cc2c(c1=O)C(c1ccccc1Cl)C(C#N)=C(N)O2. The monoisotopic (exact) mass is 371 g/mol. The first kappa shape index (κ1) is 18.1. The number of allylic oxidation sites excluding steroid dienone is 1. The molecule has 134 valence electrons. The highest BCUT2D eigenvalue weighted by molar-refractivity contribution is 6.31. The van der Waals surface area contributed by atoms with E-state index in [1.165, 1.54) is 0 Å². The van der Waals surface area contributed by atoms with Gasteiger partial charge >= 0.3 is 0 Å². The summed E-state index contributed by atoms with van der Waals surface area (Å²) in [6, 6.07) is 10.9. The lowest BCUT2D eigenvalue weighted by Gasteiger charge is -2.27. The molecule has 0 fully saturated rings. The molecule has 6 nitrogen and oxygen atoms in total. The number of nitrogens with zero attached hydrogens (tertiary/aromatic N) is 2. The van der Waals surface area contributed by atoms with Crippen LogP contribution in [0.15, 0.2) is 46.6 Å². The molecule has 2 heterocycles. The van der Waals surface area contributed by atoms with Crippen LogP contribution in [-0.2, 0) is 11.3 Å². The number of hydrogen-bond acceptors (Lipinski definition) is 5. The molecule has 0 amide bonds. The minimum atomic E-state index is -0.681. The van der Waals surface area contributed by atoms with Crippen LogP contribution in [0.4, 0.5) is 0 Å². The number of rotatable bonds is 4. The predicted molar refractivity (Wildman–Crippen MR) is 98.1 cm³/mol. The van der Waals surface area contributed by atoms with Gasteiger partial charge < -0.3 is 19.8 Å². The highest BCUT2D eigenvalue weighted by Gasteiger charge is 2.35. The van der Waals surface area contributed by atoms with Crippen LogP contribution in [0.5, 0.6) is 5.75 Å². The van der Waals surface area contributed by atoms with E-state index in [4.69, 9.17) is 26.8 Å². The summed E-state index contributed by atoms with van der Waals surface area (Å²) >= 11 is 6.36. The van der Waals surface area contributed by atoms with Gasteiger partial charge in [0.05, 0.1) is 18.1 Å². The van der Waals surface area contributed by atoms with Crippen LogP contribution < -0.4 is 16.0 Å². The minimum absolute atomic E-state index is 0.0154. The molecule has 0 bridgehead atoms. The molecular weight excluding hydrogens is 354 g/mol. The van der Waals surface area contributed by atoms with Crippen molar-refractivity contribution in [2.24, 2.45) is 5.73 Å². The van der Waals surface area contributed by atoms with Crippen LogP contribution in [0.2, 0.25) is 5.02 Å². The third kappa shape index (κ3) is 2.96. The first-order valence-electron chi connectivity index (χ1n) is 8.04. The molecule has 26 heavy (non-hydrogen) atoms. The quantitative estimate of drug-likeness (QED) is 0.892. The van der Waals surface area contributed by atoms with E-state index in [-0.39, 0.29) is 17.0 Å². The lowest BCUT2D eigenvalue weighted by molar-refractivity contribution is 0.185. The molecule has 0 spiro atoms. The van der Waals surface area contributed by atoms with Crippen LogP contribution in [-0.4, -0.2) is 18.3 Å². The van der Waals surface area contributed by atoms with Gasteiger partial charge in [0.25, 0.3) is 5.56 Å². The lowest BCUT2D eigenvalue weighted by Crippen LogP contribution is -2.33. The number of methoxy groups -OCH3 is 1. The maximum absolute atomic E-state index is 13.2. The van der Waals surface area contributed by atoms with Crippen molar-refractivity contribution in [3.05, 3.63) is 74.0 Å².